The van der Waals surface area contributed by atoms with Crippen LogP contribution in [-0.2, 0) is 6.42 Å². The molecule has 0 saturated carbocycles. The molecule has 1 aromatic rings. The summed E-state index contributed by atoms with van der Waals surface area (Å²) >= 11 is 5.16. The fourth-order valence-corrected chi connectivity index (χ4v) is 4.12. The molecule has 1 fully saturated rings. The van der Waals surface area contributed by atoms with Gasteiger partial charge < -0.3 is 15.5 Å². The van der Waals surface area contributed by atoms with Crippen molar-refractivity contribution in [3.63, 3.8) is 0 Å². The molecule has 2 amide bonds. The van der Waals surface area contributed by atoms with Gasteiger partial charge in [0, 0.05) is 24.0 Å². The summed E-state index contributed by atoms with van der Waals surface area (Å²) < 4.78 is 1.14. The second kappa shape index (κ2) is 8.76. The summed E-state index contributed by atoms with van der Waals surface area (Å²) in [7, 11) is 0. The first-order valence-electron chi connectivity index (χ1n) is 7.64. The summed E-state index contributed by atoms with van der Waals surface area (Å²) in [6.45, 7) is 6.03. The zero-order valence-electron chi connectivity index (χ0n) is 12.5. The normalized spacial score (nSPS) is 17.4. The summed E-state index contributed by atoms with van der Waals surface area (Å²) in [5, 5.41) is 5.95. The van der Waals surface area contributed by atoms with Crippen LogP contribution in [0.1, 0.15) is 31.1 Å². The summed E-state index contributed by atoms with van der Waals surface area (Å²) in [5.74, 6) is 0. The highest BCUT2D eigenvalue weighted by Gasteiger charge is 2.14. The van der Waals surface area contributed by atoms with Crippen LogP contribution in [0.25, 0.3) is 0 Å². The van der Waals surface area contributed by atoms with Crippen molar-refractivity contribution in [3.05, 3.63) is 20.8 Å². The molecule has 2 heterocycles. The quantitative estimate of drug-likeness (QED) is 0.803. The Balaban J connectivity index is 1.59. The monoisotopic (exact) mass is 373 g/mol. The zero-order valence-corrected chi connectivity index (χ0v) is 14.9. The molecule has 6 heteroatoms. The van der Waals surface area contributed by atoms with Crippen LogP contribution in [0.5, 0.6) is 0 Å². The Bertz CT molecular complexity index is 446. The molecule has 1 aromatic heterocycles. The molecule has 1 unspecified atom stereocenters. The highest BCUT2D eigenvalue weighted by molar-refractivity contribution is 9.11. The average Bonchev–Trinajstić information content (AvgIpc) is 2.85. The number of carbonyl (C=O) groups is 1. The number of thiophene rings is 1. The van der Waals surface area contributed by atoms with Crippen LogP contribution >= 0.6 is 27.3 Å². The molecule has 0 radical (unpaired) electrons. The lowest BCUT2D eigenvalue weighted by Gasteiger charge is -2.29. The minimum Gasteiger partial charge on any atom is -0.338 e. The van der Waals surface area contributed by atoms with Gasteiger partial charge in [-0.15, -0.1) is 11.3 Å². The van der Waals surface area contributed by atoms with Gasteiger partial charge in [0.15, 0.2) is 0 Å². The van der Waals surface area contributed by atoms with Crippen molar-refractivity contribution in [1.82, 2.24) is 15.5 Å². The van der Waals surface area contributed by atoms with Crippen LogP contribution in [0.3, 0.4) is 0 Å². The lowest BCUT2D eigenvalue weighted by Crippen LogP contribution is -2.47. The van der Waals surface area contributed by atoms with Crippen LogP contribution in [0, 0.1) is 0 Å². The van der Waals surface area contributed by atoms with Crippen molar-refractivity contribution in [1.29, 1.82) is 0 Å². The van der Waals surface area contributed by atoms with E-state index in [1.54, 1.807) is 11.3 Å². The van der Waals surface area contributed by atoms with E-state index < -0.39 is 0 Å². The maximum Gasteiger partial charge on any atom is 0.315 e. The summed E-state index contributed by atoms with van der Waals surface area (Å²) in [5.41, 5.74) is 0. The van der Waals surface area contributed by atoms with Crippen LogP contribution in [0.4, 0.5) is 4.79 Å². The van der Waals surface area contributed by atoms with E-state index in [1.807, 2.05) is 6.07 Å². The number of carbonyl (C=O) groups excluding carboxylic acids is 1. The first kappa shape index (κ1) is 16.8. The van der Waals surface area contributed by atoms with Crippen molar-refractivity contribution in [3.8, 4) is 0 Å². The van der Waals surface area contributed by atoms with Gasteiger partial charge in [-0.3, -0.25) is 0 Å². The van der Waals surface area contributed by atoms with Gasteiger partial charge in [0.1, 0.15) is 0 Å². The molecule has 1 saturated heterocycles. The van der Waals surface area contributed by atoms with E-state index in [0.29, 0.717) is 6.54 Å². The molecule has 0 aromatic carbocycles. The number of halogens is 1. The first-order chi connectivity index (χ1) is 10.1. The van der Waals surface area contributed by atoms with E-state index in [4.69, 9.17) is 0 Å². The van der Waals surface area contributed by atoms with Gasteiger partial charge in [-0.05, 0) is 67.3 Å². The van der Waals surface area contributed by atoms with Gasteiger partial charge in [-0.1, -0.05) is 6.42 Å². The minimum absolute atomic E-state index is 0.0601. The molecule has 0 aliphatic carbocycles. The number of nitrogens with zero attached hydrogens (tertiary/aromatic N) is 1. The Morgan fingerprint density at radius 3 is 2.81 bits per heavy atom. The zero-order chi connectivity index (χ0) is 15.1. The molecular weight excluding hydrogens is 350 g/mol. The molecule has 21 heavy (non-hydrogen) atoms. The Morgan fingerprint density at radius 2 is 2.14 bits per heavy atom. The van der Waals surface area contributed by atoms with Crippen molar-refractivity contribution in [2.75, 3.05) is 26.2 Å². The third-order valence-electron chi connectivity index (χ3n) is 3.64. The molecule has 2 N–H and O–H groups in total. The predicted octanol–water partition coefficient (Wildman–Crippen LogP) is 3.23. The fourth-order valence-electron chi connectivity index (χ4n) is 2.64. The number of piperidine rings is 1. The molecule has 0 spiro atoms. The molecule has 4 nitrogen and oxygen atoms in total. The van der Waals surface area contributed by atoms with E-state index in [0.717, 1.165) is 16.8 Å². The second-order valence-electron chi connectivity index (χ2n) is 5.62. The summed E-state index contributed by atoms with van der Waals surface area (Å²) in [6.07, 6.45) is 4.80. The maximum atomic E-state index is 11.8. The van der Waals surface area contributed by atoms with Crippen molar-refractivity contribution in [2.45, 2.75) is 38.6 Å². The average molecular weight is 374 g/mol. The summed E-state index contributed by atoms with van der Waals surface area (Å²) in [4.78, 5) is 15.6. The number of urea groups is 1. The maximum absolute atomic E-state index is 11.8. The van der Waals surface area contributed by atoms with Crippen LogP contribution < -0.4 is 10.6 Å². The van der Waals surface area contributed by atoms with E-state index in [-0.39, 0.29) is 12.1 Å². The number of likely N-dealkylation sites (tertiary alicyclic amines) is 1. The lowest BCUT2D eigenvalue weighted by atomic mass is 10.1. The first-order valence-corrected chi connectivity index (χ1v) is 9.25. The number of hydrogen-bond donors (Lipinski definition) is 2. The molecule has 0 bridgehead atoms. The predicted molar refractivity (Wildman–Crippen MR) is 92.0 cm³/mol. The molecule has 2 rings (SSSR count). The molecule has 1 atom stereocenters. The van der Waals surface area contributed by atoms with Gasteiger partial charge in [0.2, 0.25) is 0 Å². The number of hydrogen-bond acceptors (Lipinski definition) is 3. The Labute approximate surface area is 139 Å². The Hall–Kier alpha value is -0.590. The highest BCUT2D eigenvalue weighted by atomic mass is 79.9. The largest absolute Gasteiger partial charge is 0.338 e. The molecule has 1 aliphatic rings. The molecular formula is C15H24BrN3OS. The van der Waals surface area contributed by atoms with Gasteiger partial charge in [-0.2, -0.15) is 0 Å². The third kappa shape index (κ3) is 6.36. The summed E-state index contributed by atoms with van der Waals surface area (Å²) in [6, 6.07) is 4.27. The van der Waals surface area contributed by atoms with E-state index in [2.05, 4.69) is 44.5 Å². The number of rotatable bonds is 6. The molecule has 118 valence electrons. The smallest absolute Gasteiger partial charge is 0.315 e. The van der Waals surface area contributed by atoms with Crippen molar-refractivity contribution in [2.24, 2.45) is 0 Å². The van der Waals surface area contributed by atoms with Crippen molar-refractivity contribution < 1.29 is 4.79 Å². The topological polar surface area (TPSA) is 44.4 Å². The van der Waals surface area contributed by atoms with Crippen LogP contribution in [0.2, 0.25) is 0 Å². The van der Waals surface area contributed by atoms with E-state index in [9.17, 15) is 4.79 Å². The third-order valence-corrected chi connectivity index (χ3v) is 5.33. The van der Waals surface area contributed by atoms with E-state index >= 15 is 0 Å². The minimum atomic E-state index is -0.0601. The van der Waals surface area contributed by atoms with Crippen LogP contribution in [0.15, 0.2) is 15.9 Å². The van der Waals surface area contributed by atoms with Gasteiger partial charge in [0.25, 0.3) is 0 Å². The Morgan fingerprint density at radius 1 is 1.38 bits per heavy atom. The van der Waals surface area contributed by atoms with Gasteiger partial charge in [-0.25, -0.2) is 4.79 Å². The fraction of sp³-hybridized carbons (Fsp3) is 0.667. The Kier molecular flexibility index (Phi) is 6.99. The number of amides is 2. The SMILES string of the molecule is CC(CN1CCCCC1)NC(=O)NCCc1ccc(Br)s1. The second-order valence-corrected chi connectivity index (χ2v) is 8.17. The van der Waals surface area contributed by atoms with Crippen molar-refractivity contribution >= 4 is 33.3 Å². The van der Waals surface area contributed by atoms with Crippen LogP contribution in [-0.4, -0.2) is 43.2 Å². The standard InChI is InChI=1S/C15H24BrN3OS/c1-12(11-19-9-3-2-4-10-19)18-15(20)17-8-7-13-5-6-14(16)21-13/h5-6,12H,2-4,7-11H2,1H3,(H2,17,18,20). The van der Waals surface area contributed by atoms with E-state index in [1.165, 1.54) is 37.2 Å². The lowest BCUT2D eigenvalue weighted by molar-refractivity contribution is 0.203. The van der Waals surface area contributed by atoms with Gasteiger partial charge >= 0.3 is 6.03 Å². The highest BCUT2D eigenvalue weighted by Crippen LogP contribution is 2.21. The number of nitrogens with one attached hydrogen (secondary N) is 2. The molecule has 1 aliphatic heterocycles. The van der Waals surface area contributed by atoms with Gasteiger partial charge in [0.05, 0.1) is 3.79 Å².